The maximum atomic E-state index is 12.7. The van der Waals surface area contributed by atoms with Crippen molar-refractivity contribution in [3.63, 3.8) is 0 Å². The highest BCUT2D eigenvalue weighted by Crippen LogP contribution is 2.34. The summed E-state index contributed by atoms with van der Waals surface area (Å²) < 4.78 is 0. The molecule has 2 aliphatic rings. The van der Waals surface area contributed by atoms with Crippen LogP contribution in [0.4, 0.5) is 11.4 Å². The van der Waals surface area contributed by atoms with Crippen LogP contribution in [0.3, 0.4) is 0 Å². The highest BCUT2D eigenvalue weighted by atomic mass is 16.2. The standard InChI is InChI=1S/C24H27N3O3/c1-15-4-5-16(2)19(10-15)13-25-24(30)20-12-23(29)27(14-20)21-6-7-22-18(11-21)8-9-26(22)17(3)28/h4-7,10-11,20H,8-9,12-14H2,1-3H3,(H,25,30). The first-order chi connectivity index (χ1) is 14.3. The Balaban J connectivity index is 1.42. The number of hydrogen-bond acceptors (Lipinski definition) is 3. The molecule has 2 aromatic carbocycles. The van der Waals surface area contributed by atoms with Crippen LogP contribution in [0.2, 0.25) is 0 Å². The molecule has 6 heteroatoms. The molecule has 0 bridgehead atoms. The zero-order valence-electron chi connectivity index (χ0n) is 17.7. The summed E-state index contributed by atoms with van der Waals surface area (Å²) >= 11 is 0. The number of benzene rings is 2. The molecular weight excluding hydrogens is 378 g/mol. The van der Waals surface area contributed by atoms with Gasteiger partial charge in [0.1, 0.15) is 0 Å². The number of nitrogens with zero attached hydrogens (tertiary/aromatic N) is 2. The lowest BCUT2D eigenvalue weighted by Crippen LogP contribution is -2.32. The Bertz CT molecular complexity index is 1030. The maximum absolute atomic E-state index is 12.7. The van der Waals surface area contributed by atoms with E-state index in [1.54, 1.807) is 16.7 Å². The molecule has 2 heterocycles. The summed E-state index contributed by atoms with van der Waals surface area (Å²) in [6.45, 7) is 7.15. The predicted molar refractivity (Wildman–Crippen MR) is 116 cm³/mol. The molecule has 1 fully saturated rings. The van der Waals surface area contributed by atoms with Crippen molar-refractivity contribution < 1.29 is 14.4 Å². The van der Waals surface area contributed by atoms with Crippen molar-refractivity contribution in [3.05, 3.63) is 58.7 Å². The van der Waals surface area contributed by atoms with E-state index in [-0.39, 0.29) is 30.1 Å². The van der Waals surface area contributed by atoms with E-state index >= 15 is 0 Å². The van der Waals surface area contributed by atoms with Gasteiger partial charge >= 0.3 is 0 Å². The van der Waals surface area contributed by atoms with Gasteiger partial charge in [-0.1, -0.05) is 23.8 Å². The van der Waals surface area contributed by atoms with Crippen molar-refractivity contribution in [1.82, 2.24) is 5.32 Å². The normalized spacial score (nSPS) is 18.0. The summed E-state index contributed by atoms with van der Waals surface area (Å²) in [4.78, 5) is 40.5. The lowest BCUT2D eigenvalue weighted by molar-refractivity contribution is -0.126. The van der Waals surface area contributed by atoms with Crippen molar-refractivity contribution in [2.45, 2.75) is 40.2 Å². The molecule has 0 spiro atoms. The summed E-state index contributed by atoms with van der Waals surface area (Å²) in [5.41, 5.74) is 6.18. The number of amides is 3. The number of fused-ring (bicyclic) bond motifs is 1. The minimum Gasteiger partial charge on any atom is -0.352 e. The lowest BCUT2D eigenvalue weighted by Gasteiger charge is -2.19. The molecule has 3 amide bonds. The Hall–Kier alpha value is -3.15. The number of carbonyl (C=O) groups excluding carboxylic acids is 3. The molecule has 0 aliphatic carbocycles. The van der Waals surface area contributed by atoms with E-state index in [1.165, 1.54) is 0 Å². The van der Waals surface area contributed by atoms with Gasteiger partial charge in [0.2, 0.25) is 17.7 Å². The summed E-state index contributed by atoms with van der Waals surface area (Å²) in [5, 5.41) is 3.00. The molecule has 1 atom stereocenters. The second-order valence-electron chi connectivity index (χ2n) is 8.29. The molecule has 6 nitrogen and oxygen atoms in total. The SMILES string of the molecule is CC(=O)N1CCc2cc(N3CC(C(=O)NCc4cc(C)ccc4C)CC3=O)ccc21. The third-order valence-electron chi connectivity index (χ3n) is 6.10. The van der Waals surface area contributed by atoms with Crippen LogP contribution in [0.15, 0.2) is 36.4 Å². The van der Waals surface area contributed by atoms with Crippen LogP contribution in [-0.2, 0) is 27.3 Å². The van der Waals surface area contributed by atoms with Gasteiger partial charge in [-0.15, -0.1) is 0 Å². The fourth-order valence-corrected chi connectivity index (χ4v) is 4.33. The molecule has 1 N–H and O–H groups in total. The van der Waals surface area contributed by atoms with Gasteiger partial charge in [0.25, 0.3) is 0 Å². The molecule has 2 aromatic rings. The quantitative estimate of drug-likeness (QED) is 0.850. The first kappa shape index (κ1) is 20.1. The minimum absolute atomic E-state index is 0.0272. The molecule has 0 radical (unpaired) electrons. The summed E-state index contributed by atoms with van der Waals surface area (Å²) in [5.74, 6) is -0.456. The monoisotopic (exact) mass is 405 g/mol. The van der Waals surface area contributed by atoms with Crippen molar-refractivity contribution >= 4 is 29.1 Å². The number of nitrogens with one attached hydrogen (secondary N) is 1. The van der Waals surface area contributed by atoms with Gasteiger partial charge in [0.15, 0.2) is 0 Å². The zero-order valence-corrected chi connectivity index (χ0v) is 17.7. The smallest absolute Gasteiger partial charge is 0.227 e. The molecule has 0 saturated carbocycles. The van der Waals surface area contributed by atoms with E-state index in [0.29, 0.717) is 19.6 Å². The Morgan fingerprint density at radius 3 is 2.70 bits per heavy atom. The van der Waals surface area contributed by atoms with Crippen LogP contribution >= 0.6 is 0 Å². The van der Waals surface area contributed by atoms with Crippen molar-refractivity contribution in [2.24, 2.45) is 5.92 Å². The van der Waals surface area contributed by atoms with Gasteiger partial charge in [0.05, 0.1) is 5.92 Å². The molecule has 1 saturated heterocycles. The predicted octanol–water partition coefficient (Wildman–Crippen LogP) is 2.88. The molecule has 4 rings (SSSR count). The fraction of sp³-hybridized carbons (Fsp3) is 0.375. The van der Waals surface area contributed by atoms with Gasteiger partial charge in [-0.05, 0) is 55.2 Å². The van der Waals surface area contributed by atoms with E-state index in [9.17, 15) is 14.4 Å². The third-order valence-corrected chi connectivity index (χ3v) is 6.10. The van der Waals surface area contributed by atoms with E-state index in [0.717, 1.165) is 40.0 Å². The van der Waals surface area contributed by atoms with Gasteiger partial charge in [0, 0.05) is 44.4 Å². The van der Waals surface area contributed by atoms with Crippen molar-refractivity contribution in [1.29, 1.82) is 0 Å². The second kappa shape index (κ2) is 7.94. The van der Waals surface area contributed by atoms with Crippen molar-refractivity contribution in [2.75, 3.05) is 22.9 Å². The van der Waals surface area contributed by atoms with Crippen LogP contribution in [0.25, 0.3) is 0 Å². The molecule has 156 valence electrons. The van der Waals surface area contributed by atoms with Crippen molar-refractivity contribution in [3.8, 4) is 0 Å². The Labute approximate surface area is 176 Å². The van der Waals surface area contributed by atoms with E-state index in [4.69, 9.17) is 0 Å². The number of aryl methyl sites for hydroxylation is 2. The van der Waals surface area contributed by atoms with Gasteiger partial charge < -0.3 is 15.1 Å². The largest absolute Gasteiger partial charge is 0.352 e. The fourth-order valence-electron chi connectivity index (χ4n) is 4.33. The average molecular weight is 405 g/mol. The first-order valence-corrected chi connectivity index (χ1v) is 10.4. The van der Waals surface area contributed by atoms with Crippen LogP contribution in [0, 0.1) is 19.8 Å². The maximum Gasteiger partial charge on any atom is 0.227 e. The van der Waals surface area contributed by atoms with Crippen LogP contribution in [0.1, 0.15) is 35.6 Å². The first-order valence-electron chi connectivity index (χ1n) is 10.4. The van der Waals surface area contributed by atoms with E-state index in [2.05, 4.69) is 23.5 Å². The van der Waals surface area contributed by atoms with Crippen LogP contribution in [-0.4, -0.2) is 30.8 Å². The minimum atomic E-state index is -0.357. The molecule has 30 heavy (non-hydrogen) atoms. The zero-order chi connectivity index (χ0) is 21.4. The highest BCUT2D eigenvalue weighted by molar-refractivity contribution is 6.01. The van der Waals surface area contributed by atoms with Gasteiger partial charge in [-0.25, -0.2) is 0 Å². The third kappa shape index (κ3) is 3.82. The second-order valence-corrected chi connectivity index (χ2v) is 8.29. The summed E-state index contributed by atoms with van der Waals surface area (Å²) in [6, 6.07) is 11.9. The number of hydrogen-bond donors (Lipinski definition) is 1. The topological polar surface area (TPSA) is 69.7 Å². The Morgan fingerprint density at radius 1 is 1.13 bits per heavy atom. The molecule has 2 aliphatic heterocycles. The highest BCUT2D eigenvalue weighted by Gasteiger charge is 2.35. The molecule has 0 aromatic heterocycles. The summed E-state index contributed by atoms with van der Waals surface area (Å²) in [7, 11) is 0. The Kier molecular flexibility index (Phi) is 5.33. The molecular formula is C24H27N3O3. The van der Waals surface area contributed by atoms with Gasteiger partial charge in [-0.3, -0.25) is 14.4 Å². The van der Waals surface area contributed by atoms with Gasteiger partial charge in [-0.2, -0.15) is 0 Å². The number of anilines is 2. The lowest BCUT2D eigenvalue weighted by atomic mass is 10.0. The van der Waals surface area contributed by atoms with Crippen LogP contribution < -0.4 is 15.1 Å². The number of rotatable bonds is 4. The summed E-state index contributed by atoms with van der Waals surface area (Å²) in [6.07, 6.45) is 1.000. The van der Waals surface area contributed by atoms with E-state index < -0.39 is 0 Å². The Morgan fingerprint density at radius 2 is 1.93 bits per heavy atom. The average Bonchev–Trinajstić information content (AvgIpc) is 3.31. The number of carbonyl (C=O) groups is 3. The van der Waals surface area contributed by atoms with E-state index in [1.807, 2.05) is 32.0 Å². The van der Waals surface area contributed by atoms with Crippen LogP contribution in [0.5, 0.6) is 0 Å². The molecule has 1 unspecified atom stereocenters.